The van der Waals surface area contributed by atoms with Gasteiger partial charge in [-0.1, -0.05) is 25.1 Å². The largest absolute Gasteiger partial charge is 0.378 e. The molecule has 3 aromatic rings. The molecule has 0 radical (unpaired) electrons. The van der Waals surface area contributed by atoms with E-state index < -0.39 is 15.9 Å². The minimum Gasteiger partial charge on any atom is -0.378 e. The molecule has 0 aliphatic carbocycles. The average molecular weight is 537 g/mol. The van der Waals surface area contributed by atoms with Crippen LogP contribution in [0.15, 0.2) is 66.7 Å². The number of sulfonamides is 1. The molecule has 1 heterocycles. The van der Waals surface area contributed by atoms with Crippen LogP contribution in [0.3, 0.4) is 0 Å². The second-order valence-electron chi connectivity index (χ2n) is 9.09. The number of rotatable bonds is 9. The fourth-order valence-electron chi connectivity index (χ4n) is 4.12. The van der Waals surface area contributed by atoms with Gasteiger partial charge in [-0.15, -0.1) is 0 Å². The molecule has 0 unspecified atom stereocenters. The van der Waals surface area contributed by atoms with Crippen molar-refractivity contribution in [1.29, 1.82) is 0 Å². The summed E-state index contributed by atoms with van der Waals surface area (Å²) in [7, 11) is -3.47. The zero-order valence-corrected chi connectivity index (χ0v) is 22.3. The summed E-state index contributed by atoms with van der Waals surface area (Å²) in [5.74, 6) is -0.654. The monoisotopic (exact) mass is 536 g/mol. The Bertz CT molecular complexity index is 1420. The van der Waals surface area contributed by atoms with Gasteiger partial charge >= 0.3 is 0 Å². The maximum Gasteiger partial charge on any atom is 0.255 e. The van der Waals surface area contributed by atoms with Gasteiger partial charge in [0.05, 0.1) is 19.0 Å². The maximum atomic E-state index is 13.0. The third-order valence-corrected chi connectivity index (χ3v) is 7.59. The van der Waals surface area contributed by atoms with Crippen molar-refractivity contribution in [3.05, 3.63) is 83.4 Å². The molecule has 1 saturated heterocycles. The van der Waals surface area contributed by atoms with Crippen LogP contribution < -0.4 is 20.3 Å². The summed E-state index contributed by atoms with van der Waals surface area (Å²) in [6.45, 7) is 6.51. The van der Waals surface area contributed by atoms with Gasteiger partial charge in [0.1, 0.15) is 0 Å². The molecule has 10 heteroatoms. The van der Waals surface area contributed by atoms with E-state index in [2.05, 4.69) is 20.3 Å². The number of hydrogen-bond acceptors (Lipinski definition) is 6. The molecular weight excluding hydrogens is 504 g/mol. The van der Waals surface area contributed by atoms with Crippen LogP contribution >= 0.6 is 0 Å². The highest BCUT2D eigenvalue weighted by atomic mass is 32.2. The number of amides is 2. The quantitative estimate of drug-likeness (QED) is 0.371. The molecule has 1 aliphatic rings. The lowest BCUT2D eigenvalue weighted by Crippen LogP contribution is -2.36. The summed E-state index contributed by atoms with van der Waals surface area (Å²) < 4.78 is 32.1. The molecular formula is C28H32N4O5S. The third kappa shape index (κ3) is 7.11. The van der Waals surface area contributed by atoms with Crippen LogP contribution in [0.25, 0.3) is 0 Å². The average Bonchev–Trinajstić information content (AvgIpc) is 2.91. The summed E-state index contributed by atoms with van der Waals surface area (Å²) in [5.41, 5.74) is 4.00. The predicted molar refractivity (Wildman–Crippen MR) is 151 cm³/mol. The highest BCUT2D eigenvalue weighted by molar-refractivity contribution is 7.92. The SMILES string of the molecule is CCCS(=O)(=O)Nc1cccc(C(=O)Nc2cc(NC(=O)c3cccc(N4CCOCC4)c3)ccc2C)c1. The number of hydrogen-bond donors (Lipinski definition) is 3. The van der Waals surface area contributed by atoms with Gasteiger partial charge in [0, 0.05) is 47.0 Å². The number of benzene rings is 3. The van der Waals surface area contributed by atoms with Crippen molar-refractivity contribution < 1.29 is 22.7 Å². The molecule has 1 aliphatic heterocycles. The van der Waals surface area contributed by atoms with Crippen molar-refractivity contribution >= 4 is 44.6 Å². The summed E-state index contributed by atoms with van der Waals surface area (Å²) in [6.07, 6.45) is 0.487. The van der Waals surface area contributed by atoms with E-state index in [4.69, 9.17) is 4.74 Å². The Morgan fingerprint density at radius 2 is 1.55 bits per heavy atom. The molecule has 38 heavy (non-hydrogen) atoms. The maximum absolute atomic E-state index is 13.0. The number of ether oxygens (including phenoxy) is 1. The lowest BCUT2D eigenvalue weighted by molar-refractivity contribution is 0.101. The zero-order chi connectivity index (χ0) is 27.1. The molecule has 0 bridgehead atoms. The van der Waals surface area contributed by atoms with E-state index in [1.807, 2.05) is 31.2 Å². The molecule has 0 spiro atoms. The Balaban J connectivity index is 1.45. The van der Waals surface area contributed by atoms with E-state index in [-0.39, 0.29) is 11.7 Å². The highest BCUT2D eigenvalue weighted by Gasteiger charge is 2.15. The summed E-state index contributed by atoms with van der Waals surface area (Å²) >= 11 is 0. The van der Waals surface area contributed by atoms with Gasteiger partial charge in [0.2, 0.25) is 10.0 Å². The number of carbonyl (C=O) groups excluding carboxylic acids is 2. The predicted octanol–water partition coefficient (Wildman–Crippen LogP) is 4.49. The van der Waals surface area contributed by atoms with E-state index in [0.29, 0.717) is 47.8 Å². The molecule has 0 aromatic heterocycles. The van der Waals surface area contributed by atoms with Gasteiger partial charge in [-0.2, -0.15) is 0 Å². The van der Waals surface area contributed by atoms with Crippen molar-refractivity contribution in [2.24, 2.45) is 0 Å². The number of nitrogens with zero attached hydrogens (tertiary/aromatic N) is 1. The molecule has 4 rings (SSSR count). The minimum atomic E-state index is -3.47. The van der Waals surface area contributed by atoms with E-state index in [1.54, 1.807) is 43.3 Å². The number of morpholine rings is 1. The van der Waals surface area contributed by atoms with Gasteiger partial charge in [-0.3, -0.25) is 14.3 Å². The van der Waals surface area contributed by atoms with Gasteiger partial charge in [0.15, 0.2) is 0 Å². The lowest BCUT2D eigenvalue weighted by atomic mass is 10.1. The Labute approximate surface area is 223 Å². The first-order valence-electron chi connectivity index (χ1n) is 12.5. The Morgan fingerprint density at radius 1 is 0.868 bits per heavy atom. The first kappa shape index (κ1) is 27.2. The Kier molecular flexibility index (Phi) is 8.65. The van der Waals surface area contributed by atoms with E-state index in [0.717, 1.165) is 24.3 Å². The third-order valence-electron chi connectivity index (χ3n) is 6.10. The Hall–Kier alpha value is -3.89. The van der Waals surface area contributed by atoms with Gasteiger partial charge in [0.25, 0.3) is 11.8 Å². The smallest absolute Gasteiger partial charge is 0.255 e. The van der Waals surface area contributed by atoms with E-state index in [1.165, 1.54) is 6.07 Å². The second-order valence-corrected chi connectivity index (χ2v) is 10.9. The molecule has 3 N–H and O–H groups in total. The number of nitrogens with one attached hydrogen (secondary N) is 3. The van der Waals surface area contributed by atoms with Crippen LogP contribution in [-0.2, 0) is 14.8 Å². The minimum absolute atomic E-state index is 0.00135. The van der Waals surface area contributed by atoms with Crippen LogP contribution in [0, 0.1) is 6.92 Å². The molecule has 0 atom stereocenters. The molecule has 1 fully saturated rings. The number of carbonyl (C=O) groups is 2. The lowest BCUT2D eigenvalue weighted by Gasteiger charge is -2.29. The van der Waals surface area contributed by atoms with Crippen molar-refractivity contribution in [3.63, 3.8) is 0 Å². The normalized spacial score (nSPS) is 13.6. The first-order chi connectivity index (χ1) is 18.2. The summed E-state index contributed by atoms with van der Waals surface area (Å²) in [5, 5.41) is 5.77. The van der Waals surface area contributed by atoms with Crippen LogP contribution in [0.1, 0.15) is 39.6 Å². The first-order valence-corrected chi connectivity index (χ1v) is 14.2. The van der Waals surface area contributed by atoms with Crippen molar-refractivity contribution in [2.75, 3.05) is 52.3 Å². The number of aryl methyl sites for hydroxylation is 1. The topological polar surface area (TPSA) is 117 Å². The molecule has 9 nitrogen and oxygen atoms in total. The van der Waals surface area contributed by atoms with Crippen molar-refractivity contribution in [3.8, 4) is 0 Å². The Morgan fingerprint density at radius 3 is 2.29 bits per heavy atom. The van der Waals surface area contributed by atoms with Crippen LogP contribution in [-0.4, -0.2) is 52.3 Å². The highest BCUT2D eigenvalue weighted by Crippen LogP contribution is 2.24. The zero-order valence-electron chi connectivity index (χ0n) is 21.5. The van der Waals surface area contributed by atoms with Gasteiger partial charge in [-0.05, 0) is 67.4 Å². The van der Waals surface area contributed by atoms with E-state index >= 15 is 0 Å². The molecule has 200 valence electrons. The van der Waals surface area contributed by atoms with Crippen LogP contribution in [0.2, 0.25) is 0 Å². The fraction of sp³-hybridized carbons (Fsp3) is 0.286. The molecule has 2 amide bonds. The molecule has 0 saturated carbocycles. The van der Waals surface area contributed by atoms with E-state index in [9.17, 15) is 18.0 Å². The van der Waals surface area contributed by atoms with Crippen LogP contribution in [0.4, 0.5) is 22.7 Å². The standard InChI is InChI=1S/C28H32N4O5S/c1-3-16-38(35,36)31-24-8-4-6-21(17-24)28(34)30-26-19-23(11-10-20(26)2)29-27(33)22-7-5-9-25(18-22)32-12-14-37-15-13-32/h4-11,17-19,31H,3,12-16H2,1-2H3,(H,29,33)(H,30,34). The molecule has 3 aromatic carbocycles. The van der Waals surface area contributed by atoms with Gasteiger partial charge < -0.3 is 20.3 Å². The number of anilines is 4. The van der Waals surface area contributed by atoms with Crippen molar-refractivity contribution in [2.45, 2.75) is 20.3 Å². The second kappa shape index (κ2) is 12.1. The summed E-state index contributed by atoms with van der Waals surface area (Å²) in [6, 6.07) is 19.1. The van der Waals surface area contributed by atoms with Crippen LogP contribution in [0.5, 0.6) is 0 Å². The summed E-state index contributed by atoms with van der Waals surface area (Å²) in [4.78, 5) is 28.1. The van der Waals surface area contributed by atoms with Gasteiger partial charge in [-0.25, -0.2) is 8.42 Å². The fourth-order valence-corrected chi connectivity index (χ4v) is 5.25. The van der Waals surface area contributed by atoms with Crippen molar-refractivity contribution in [1.82, 2.24) is 0 Å².